The van der Waals surface area contributed by atoms with Gasteiger partial charge in [-0.25, -0.2) is 4.98 Å². The Morgan fingerprint density at radius 3 is 2.84 bits per heavy atom. The lowest BCUT2D eigenvalue weighted by molar-refractivity contribution is 0.467. The average molecular weight is 259 g/mol. The molecule has 102 valence electrons. The zero-order valence-corrected chi connectivity index (χ0v) is 11.7. The fourth-order valence-electron chi connectivity index (χ4n) is 1.88. The SMILES string of the molecule is CCCNc1cc(NC(C)c2ccc(C)o2)ccn1. The summed E-state index contributed by atoms with van der Waals surface area (Å²) in [5.74, 6) is 2.77. The third-order valence-corrected chi connectivity index (χ3v) is 2.89. The Kier molecular flexibility index (Phi) is 4.44. The molecule has 0 aliphatic heterocycles. The van der Waals surface area contributed by atoms with Crippen LogP contribution in [0, 0.1) is 6.92 Å². The highest BCUT2D eigenvalue weighted by atomic mass is 16.3. The van der Waals surface area contributed by atoms with Crippen LogP contribution in [0.2, 0.25) is 0 Å². The fourth-order valence-corrected chi connectivity index (χ4v) is 1.88. The Hall–Kier alpha value is -1.97. The van der Waals surface area contributed by atoms with Crippen molar-refractivity contribution in [2.75, 3.05) is 17.2 Å². The molecule has 2 aromatic rings. The van der Waals surface area contributed by atoms with Gasteiger partial charge in [-0.1, -0.05) is 6.92 Å². The molecule has 0 spiro atoms. The Balaban J connectivity index is 2.02. The van der Waals surface area contributed by atoms with Crippen molar-refractivity contribution >= 4 is 11.5 Å². The number of nitrogens with one attached hydrogen (secondary N) is 2. The first-order valence-electron chi connectivity index (χ1n) is 6.72. The van der Waals surface area contributed by atoms with E-state index in [0.717, 1.165) is 36.0 Å². The van der Waals surface area contributed by atoms with E-state index in [2.05, 4.69) is 29.5 Å². The van der Waals surface area contributed by atoms with Gasteiger partial charge in [-0.2, -0.15) is 0 Å². The highest BCUT2D eigenvalue weighted by Gasteiger charge is 2.09. The second kappa shape index (κ2) is 6.27. The standard InChI is InChI=1S/C15H21N3O/c1-4-8-16-15-10-13(7-9-17-15)18-12(3)14-6-5-11(2)19-14/h5-7,9-10,12H,4,8H2,1-3H3,(H2,16,17,18). The van der Waals surface area contributed by atoms with Crippen molar-refractivity contribution in [3.63, 3.8) is 0 Å². The second-order valence-corrected chi connectivity index (χ2v) is 4.67. The molecule has 2 aromatic heterocycles. The summed E-state index contributed by atoms with van der Waals surface area (Å²) in [6.45, 7) is 7.10. The third kappa shape index (κ3) is 3.74. The van der Waals surface area contributed by atoms with Crippen molar-refractivity contribution in [1.29, 1.82) is 0 Å². The van der Waals surface area contributed by atoms with Gasteiger partial charge in [0.1, 0.15) is 17.3 Å². The summed E-state index contributed by atoms with van der Waals surface area (Å²) in [5.41, 5.74) is 1.04. The van der Waals surface area contributed by atoms with E-state index in [0.29, 0.717) is 0 Å². The van der Waals surface area contributed by atoms with E-state index in [4.69, 9.17) is 4.42 Å². The molecule has 1 atom stereocenters. The predicted octanol–water partition coefficient (Wildman–Crippen LogP) is 3.98. The molecule has 0 amide bonds. The van der Waals surface area contributed by atoms with Crippen molar-refractivity contribution < 1.29 is 4.42 Å². The predicted molar refractivity (Wildman–Crippen MR) is 78.5 cm³/mol. The van der Waals surface area contributed by atoms with Crippen molar-refractivity contribution in [1.82, 2.24) is 4.98 Å². The van der Waals surface area contributed by atoms with Gasteiger partial charge >= 0.3 is 0 Å². The van der Waals surface area contributed by atoms with Crippen molar-refractivity contribution in [3.05, 3.63) is 42.0 Å². The quantitative estimate of drug-likeness (QED) is 0.824. The molecule has 2 rings (SSSR count). The number of nitrogens with zero attached hydrogens (tertiary/aromatic N) is 1. The van der Waals surface area contributed by atoms with Gasteiger partial charge in [0.25, 0.3) is 0 Å². The van der Waals surface area contributed by atoms with E-state index in [-0.39, 0.29) is 6.04 Å². The summed E-state index contributed by atoms with van der Waals surface area (Å²) in [6, 6.07) is 8.10. The van der Waals surface area contributed by atoms with Crippen LogP contribution < -0.4 is 10.6 Å². The van der Waals surface area contributed by atoms with Gasteiger partial charge in [-0.05, 0) is 38.5 Å². The molecule has 0 aromatic carbocycles. The van der Waals surface area contributed by atoms with Crippen LogP contribution >= 0.6 is 0 Å². The minimum atomic E-state index is 0.134. The fraction of sp³-hybridized carbons (Fsp3) is 0.400. The van der Waals surface area contributed by atoms with Gasteiger partial charge in [-0.15, -0.1) is 0 Å². The molecule has 0 radical (unpaired) electrons. The number of furan rings is 1. The number of pyridine rings is 1. The van der Waals surface area contributed by atoms with Crippen LogP contribution in [0.5, 0.6) is 0 Å². The van der Waals surface area contributed by atoms with Gasteiger partial charge < -0.3 is 15.1 Å². The summed E-state index contributed by atoms with van der Waals surface area (Å²) in [6.07, 6.45) is 2.89. The maximum absolute atomic E-state index is 5.62. The Labute approximate surface area is 114 Å². The summed E-state index contributed by atoms with van der Waals surface area (Å²) in [5, 5.41) is 6.69. The number of anilines is 2. The highest BCUT2D eigenvalue weighted by molar-refractivity contribution is 5.52. The summed E-state index contributed by atoms with van der Waals surface area (Å²) < 4.78 is 5.62. The molecular formula is C15H21N3O. The molecule has 0 bridgehead atoms. The van der Waals surface area contributed by atoms with Gasteiger partial charge in [0.2, 0.25) is 0 Å². The lowest BCUT2D eigenvalue weighted by Crippen LogP contribution is -2.07. The zero-order valence-electron chi connectivity index (χ0n) is 11.7. The number of hydrogen-bond donors (Lipinski definition) is 2. The summed E-state index contributed by atoms with van der Waals surface area (Å²) >= 11 is 0. The van der Waals surface area contributed by atoms with E-state index in [9.17, 15) is 0 Å². The largest absolute Gasteiger partial charge is 0.464 e. The Morgan fingerprint density at radius 2 is 2.16 bits per heavy atom. The van der Waals surface area contributed by atoms with Crippen molar-refractivity contribution in [2.45, 2.75) is 33.2 Å². The highest BCUT2D eigenvalue weighted by Crippen LogP contribution is 2.22. The van der Waals surface area contributed by atoms with Crippen LogP contribution in [0.1, 0.15) is 37.8 Å². The number of aryl methyl sites for hydroxylation is 1. The van der Waals surface area contributed by atoms with Gasteiger partial charge in [0, 0.05) is 24.5 Å². The van der Waals surface area contributed by atoms with Crippen molar-refractivity contribution in [3.8, 4) is 0 Å². The molecule has 4 nitrogen and oxygen atoms in total. The van der Waals surface area contributed by atoms with Crippen LogP contribution in [0.3, 0.4) is 0 Å². The van der Waals surface area contributed by atoms with Crippen LogP contribution in [0.25, 0.3) is 0 Å². The number of rotatable bonds is 6. The first-order valence-corrected chi connectivity index (χ1v) is 6.72. The van der Waals surface area contributed by atoms with Crippen LogP contribution in [0.15, 0.2) is 34.9 Å². The van der Waals surface area contributed by atoms with Gasteiger partial charge in [0.05, 0.1) is 6.04 Å². The molecule has 2 heterocycles. The maximum atomic E-state index is 5.62. The second-order valence-electron chi connectivity index (χ2n) is 4.67. The molecule has 0 aliphatic carbocycles. The van der Waals surface area contributed by atoms with E-state index in [1.165, 1.54) is 0 Å². The molecule has 4 heteroatoms. The molecule has 0 aliphatic rings. The Bertz CT molecular complexity index is 522. The van der Waals surface area contributed by atoms with Crippen LogP contribution in [-0.2, 0) is 0 Å². The van der Waals surface area contributed by atoms with E-state index in [1.807, 2.05) is 31.2 Å². The van der Waals surface area contributed by atoms with Gasteiger partial charge in [-0.3, -0.25) is 0 Å². The molecule has 0 fully saturated rings. The van der Waals surface area contributed by atoms with E-state index < -0.39 is 0 Å². The topological polar surface area (TPSA) is 50.1 Å². The monoisotopic (exact) mass is 259 g/mol. The third-order valence-electron chi connectivity index (χ3n) is 2.89. The normalized spacial score (nSPS) is 12.2. The smallest absolute Gasteiger partial charge is 0.127 e. The van der Waals surface area contributed by atoms with Crippen molar-refractivity contribution in [2.24, 2.45) is 0 Å². The number of aromatic nitrogens is 1. The molecular weight excluding hydrogens is 238 g/mol. The van der Waals surface area contributed by atoms with Crippen LogP contribution in [0.4, 0.5) is 11.5 Å². The number of hydrogen-bond acceptors (Lipinski definition) is 4. The van der Waals surface area contributed by atoms with Crippen LogP contribution in [-0.4, -0.2) is 11.5 Å². The van der Waals surface area contributed by atoms with Gasteiger partial charge in [0.15, 0.2) is 0 Å². The summed E-state index contributed by atoms with van der Waals surface area (Å²) in [4.78, 5) is 4.29. The van der Waals surface area contributed by atoms with E-state index >= 15 is 0 Å². The molecule has 19 heavy (non-hydrogen) atoms. The first-order chi connectivity index (χ1) is 9.19. The lowest BCUT2D eigenvalue weighted by atomic mass is 10.2. The van der Waals surface area contributed by atoms with E-state index in [1.54, 1.807) is 6.20 Å². The minimum absolute atomic E-state index is 0.134. The lowest BCUT2D eigenvalue weighted by Gasteiger charge is -2.14. The summed E-state index contributed by atoms with van der Waals surface area (Å²) in [7, 11) is 0. The first kappa shape index (κ1) is 13.5. The molecule has 2 N–H and O–H groups in total. The minimum Gasteiger partial charge on any atom is -0.464 e. The maximum Gasteiger partial charge on any atom is 0.127 e. The zero-order chi connectivity index (χ0) is 13.7. The molecule has 1 unspecified atom stereocenters. The average Bonchev–Trinajstić information content (AvgIpc) is 2.83. The molecule has 0 saturated carbocycles. The Morgan fingerprint density at radius 1 is 1.32 bits per heavy atom. The molecule has 0 saturated heterocycles.